The van der Waals surface area contributed by atoms with Gasteiger partial charge >= 0.3 is 0 Å². The van der Waals surface area contributed by atoms with Crippen molar-refractivity contribution in [1.29, 1.82) is 0 Å². The van der Waals surface area contributed by atoms with Crippen molar-refractivity contribution in [2.75, 3.05) is 13.1 Å². The quantitative estimate of drug-likeness (QED) is 0.365. The van der Waals surface area contributed by atoms with Gasteiger partial charge < -0.3 is 4.90 Å². The second-order valence-corrected chi connectivity index (χ2v) is 9.52. The van der Waals surface area contributed by atoms with Crippen LogP contribution in [-0.4, -0.2) is 33.9 Å². The van der Waals surface area contributed by atoms with E-state index in [4.69, 9.17) is 4.98 Å². The maximum Gasteiger partial charge on any atom is 0.226 e. The smallest absolute Gasteiger partial charge is 0.226 e. The second-order valence-electron chi connectivity index (χ2n) is 8.66. The summed E-state index contributed by atoms with van der Waals surface area (Å²) in [5, 5.41) is 3.07. The molecule has 5 rings (SSSR count). The lowest BCUT2D eigenvalue weighted by Crippen LogP contribution is -2.39. The molecule has 0 spiro atoms. The number of carbonyl (C=O) groups excluding carboxylic acids is 1. The minimum atomic E-state index is 0.231. The molecule has 1 aliphatic rings. The van der Waals surface area contributed by atoms with Crippen molar-refractivity contribution in [2.45, 2.75) is 25.7 Å². The van der Waals surface area contributed by atoms with Gasteiger partial charge in [0.1, 0.15) is 5.01 Å². The zero-order chi connectivity index (χ0) is 22.5. The molecule has 0 N–H and O–H groups in total. The Balaban J connectivity index is 1.15. The number of rotatable bonds is 6. The molecule has 0 bridgehead atoms. The van der Waals surface area contributed by atoms with Gasteiger partial charge in [-0.05, 0) is 48.4 Å². The highest BCUT2D eigenvalue weighted by atomic mass is 32.1. The molecule has 166 valence electrons. The van der Waals surface area contributed by atoms with Gasteiger partial charge in [-0.15, -0.1) is 11.3 Å². The van der Waals surface area contributed by atoms with Crippen LogP contribution in [0.1, 0.15) is 24.0 Å². The first-order valence-corrected chi connectivity index (χ1v) is 12.4. The van der Waals surface area contributed by atoms with Crippen LogP contribution in [0.15, 0.2) is 84.5 Å². The maximum absolute atomic E-state index is 12.9. The molecule has 1 fully saturated rings. The SMILES string of the molecule is O=C(Cc1ccc(-c2csc(-c3ccncc3)n2)cc1)N1CCC(Cc2ccccc2)CC1. The van der Waals surface area contributed by atoms with Gasteiger partial charge in [-0.2, -0.15) is 0 Å². The largest absolute Gasteiger partial charge is 0.342 e. The molecule has 5 heteroatoms. The molecule has 2 aromatic carbocycles. The molecule has 2 aromatic heterocycles. The summed E-state index contributed by atoms with van der Waals surface area (Å²) in [7, 11) is 0. The molecule has 0 atom stereocenters. The summed E-state index contributed by atoms with van der Waals surface area (Å²) in [5.74, 6) is 0.903. The summed E-state index contributed by atoms with van der Waals surface area (Å²) < 4.78 is 0. The number of likely N-dealkylation sites (tertiary alicyclic amines) is 1. The highest BCUT2D eigenvalue weighted by Gasteiger charge is 2.23. The second kappa shape index (κ2) is 10.1. The number of thiazole rings is 1. The maximum atomic E-state index is 12.9. The number of nitrogens with zero attached hydrogens (tertiary/aromatic N) is 3. The molecular weight excluding hydrogens is 426 g/mol. The standard InChI is InChI=1S/C28H27N3OS/c32-27(31-16-12-23(13-17-31)18-21-4-2-1-3-5-21)19-22-6-8-24(9-7-22)26-20-33-28(30-26)25-10-14-29-15-11-25/h1-11,14-15,20,23H,12-13,16-19H2. The normalized spacial score (nSPS) is 14.4. The topological polar surface area (TPSA) is 46.1 Å². The van der Waals surface area contributed by atoms with Crippen LogP contribution in [0.5, 0.6) is 0 Å². The number of aromatic nitrogens is 2. The van der Waals surface area contributed by atoms with E-state index in [0.29, 0.717) is 12.3 Å². The molecule has 0 radical (unpaired) electrons. The van der Waals surface area contributed by atoms with E-state index >= 15 is 0 Å². The average Bonchev–Trinajstić information content (AvgIpc) is 3.37. The molecule has 3 heterocycles. The third-order valence-electron chi connectivity index (χ3n) is 6.37. The van der Waals surface area contributed by atoms with Crippen molar-refractivity contribution >= 4 is 17.2 Å². The van der Waals surface area contributed by atoms with E-state index in [9.17, 15) is 4.79 Å². The zero-order valence-electron chi connectivity index (χ0n) is 18.6. The minimum absolute atomic E-state index is 0.231. The number of carbonyl (C=O) groups is 1. The Morgan fingerprint density at radius 1 is 0.879 bits per heavy atom. The summed E-state index contributed by atoms with van der Waals surface area (Å²) in [6, 6.07) is 22.9. The predicted octanol–water partition coefficient (Wildman–Crippen LogP) is 5.90. The lowest BCUT2D eigenvalue weighted by Gasteiger charge is -2.32. The van der Waals surface area contributed by atoms with E-state index in [1.54, 1.807) is 23.7 Å². The van der Waals surface area contributed by atoms with Crippen LogP contribution in [0, 0.1) is 5.92 Å². The van der Waals surface area contributed by atoms with Gasteiger partial charge in [0.25, 0.3) is 0 Å². The van der Waals surface area contributed by atoms with Crippen LogP contribution in [0.3, 0.4) is 0 Å². The monoisotopic (exact) mass is 453 g/mol. The highest BCUT2D eigenvalue weighted by molar-refractivity contribution is 7.13. The van der Waals surface area contributed by atoms with Gasteiger partial charge in [0, 0.05) is 42.0 Å². The number of hydrogen-bond donors (Lipinski definition) is 0. The molecule has 1 amide bonds. The van der Waals surface area contributed by atoms with Crippen LogP contribution in [0.2, 0.25) is 0 Å². The summed E-state index contributed by atoms with van der Waals surface area (Å²) in [4.78, 5) is 23.7. The van der Waals surface area contributed by atoms with E-state index < -0.39 is 0 Å². The Hall–Kier alpha value is -3.31. The first-order chi connectivity index (χ1) is 16.2. The van der Waals surface area contributed by atoms with Gasteiger partial charge in [0.05, 0.1) is 12.1 Å². The summed E-state index contributed by atoms with van der Waals surface area (Å²) in [6.07, 6.45) is 7.32. The summed E-state index contributed by atoms with van der Waals surface area (Å²) in [6.45, 7) is 1.73. The van der Waals surface area contributed by atoms with Gasteiger partial charge in [-0.3, -0.25) is 9.78 Å². The molecule has 4 aromatic rings. The van der Waals surface area contributed by atoms with E-state index in [1.807, 2.05) is 17.0 Å². The van der Waals surface area contributed by atoms with Crippen LogP contribution in [-0.2, 0) is 17.6 Å². The van der Waals surface area contributed by atoms with Crippen LogP contribution in [0.25, 0.3) is 21.8 Å². The number of benzene rings is 2. The Labute approximate surface area is 199 Å². The molecule has 1 aliphatic heterocycles. The Bertz CT molecular complexity index is 1180. The molecule has 0 aliphatic carbocycles. The highest BCUT2D eigenvalue weighted by Crippen LogP contribution is 2.29. The van der Waals surface area contributed by atoms with Crippen molar-refractivity contribution < 1.29 is 4.79 Å². The molecule has 0 saturated carbocycles. The van der Waals surface area contributed by atoms with Crippen molar-refractivity contribution in [3.05, 3.63) is 95.6 Å². The van der Waals surface area contributed by atoms with Crippen LogP contribution < -0.4 is 0 Å². The van der Waals surface area contributed by atoms with Crippen LogP contribution >= 0.6 is 11.3 Å². The van der Waals surface area contributed by atoms with Gasteiger partial charge in [-0.1, -0.05) is 54.6 Å². The molecule has 33 heavy (non-hydrogen) atoms. The lowest BCUT2D eigenvalue weighted by molar-refractivity contribution is -0.131. The number of pyridine rings is 1. The van der Waals surface area contributed by atoms with Gasteiger partial charge in [0.15, 0.2) is 0 Å². The van der Waals surface area contributed by atoms with E-state index in [1.165, 1.54) is 5.56 Å². The number of piperidine rings is 1. The van der Waals surface area contributed by atoms with Crippen molar-refractivity contribution in [2.24, 2.45) is 5.92 Å². The Morgan fingerprint density at radius 2 is 1.61 bits per heavy atom. The van der Waals surface area contributed by atoms with Gasteiger partial charge in [0.2, 0.25) is 5.91 Å². The third kappa shape index (κ3) is 5.37. The lowest BCUT2D eigenvalue weighted by atomic mass is 9.90. The zero-order valence-corrected chi connectivity index (χ0v) is 19.4. The first-order valence-electron chi connectivity index (χ1n) is 11.5. The number of hydrogen-bond acceptors (Lipinski definition) is 4. The molecular formula is C28H27N3OS. The van der Waals surface area contributed by atoms with Gasteiger partial charge in [-0.25, -0.2) is 4.98 Å². The Morgan fingerprint density at radius 3 is 2.33 bits per heavy atom. The first kappa shape index (κ1) is 21.5. The minimum Gasteiger partial charge on any atom is -0.342 e. The fourth-order valence-corrected chi connectivity index (χ4v) is 5.28. The van der Waals surface area contributed by atoms with Crippen LogP contribution in [0.4, 0.5) is 0 Å². The Kier molecular flexibility index (Phi) is 6.58. The molecule has 0 unspecified atom stereocenters. The molecule has 4 nitrogen and oxygen atoms in total. The summed E-state index contributed by atoms with van der Waals surface area (Å²) >= 11 is 1.63. The van der Waals surface area contributed by atoms with E-state index in [0.717, 1.165) is 59.7 Å². The van der Waals surface area contributed by atoms with E-state index in [2.05, 4.69) is 65.0 Å². The summed E-state index contributed by atoms with van der Waals surface area (Å²) in [5.41, 5.74) is 5.57. The van der Waals surface area contributed by atoms with Crippen molar-refractivity contribution in [3.8, 4) is 21.8 Å². The van der Waals surface area contributed by atoms with E-state index in [-0.39, 0.29) is 5.91 Å². The van der Waals surface area contributed by atoms with Crippen molar-refractivity contribution in [1.82, 2.24) is 14.9 Å². The third-order valence-corrected chi connectivity index (χ3v) is 7.26. The van der Waals surface area contributed by atoms with Crippen molar-refractivity contribution in [3.63, 3.8) is 0 Å². The predicted molar refractivity (Wildman–Crippen MR) is 134 cm³/mol. The fraction of sp³-hybridized carbons (Fsp3) is 0.250. The number of amides is 1. The average molecular weight is 454 g/mol. The molecule has 1 saturated heterocycles. The fourth-order valence-electron chi connectivity index (χ4n) is 4.45.